The van der Waals surface area contributed by atoms with Crippen LogP contribution in [0, 0.1) is 0 Å². The molecule has 0 unspecified atom stereocenters. The Labute approximate surface area is 153 Å². The van der Waals surface area contributed by atoms with Crippen molar-refractivity contribution in [2.75, 3.05) is 18.4 Å². The van der Waals surface area contributed by atoms with Gasteiger partial charge in [0.1, 0.15) is 0 Å². The van der Waals surface area contributed by atoms with Gasteiger partial charge in [-0.3, -0.25) is 4.40 Å². The van der Waals surface area contributed by atoms with Gasteiger partial charge in [0.15, 0.2) is 5.65 Å². The number of hydrogen-bond donors (Lipinski definition) is 1. The second-order valence-corrected chi connectivity index (χ2v) is 7.92. The van der Waals surface area contributed by atoms with Crippen LogP contribution in [0.3, 0.4) is 0 Å². The molecule has 0 saturated carbocycles. The van der Waals surface area contributed by atoms with Gasteiger partial charge in [-0.1, -0.05) is 44.2 Å². The first-order chi connectivity index (χ1) is 12.5. The number of aromatic nitrogens is 3. The van der Waals surface area contributed by atoms with E-state index in [4.69, 9.17) is 0 Å². The number of sulfonamides is 1. The van der Waals surface area contributed by atoms with Gasteiger partial charge in [-0.2, -0.15) is 4.31 Å². The number of fused-ring (bicyclic) bond motifs is 1. The molecule has 3 aromatic rings. The van der Waals surface area contributed by atoms with E-state index < -0.39 is 10.0 Å². The summed E-state index contributed by atoms with van der Waals surface area (Å²) in [4.78, 5) is 0.226. The molecule has 0 amide bonds. The molecule has 0 fully saturated rings. The van der Waals surface area contributed by atoms with Gasteiger partial charge in [-0.15, -0.1) is 10.2 Å². The van der Waals surface area contributed by atoms with E-state index in [1.807, 2.05) is 51.1 Å². The highest BCUT2D eigenvalue weighted by atomic mass is 32.2. The fourth-order valence-corrected chi connectivity index (χ4v) is 4.31. The molecule has 1 atom stereocenters. The van der Waals surface area contributed by atoms with E-state index in [0.717, 1.165) is 5.56 Å². The SMILES string of the molecule is CCN(CC)S(=O)(=O)c1ccc2nnc(N[C@@H](C)c3ccccc3)n2c1. The average molecular weight is 373 g/mol. The summed E-state index contributed by atoms with van der Waals surface area (Å²) in [5, 5.41) is 11.6. The van der Waals surface area contributed by atoms with Crippen molar-refractivity contribution < 1.29 is 8.42 Å². The van der Waals surface area contributed by atoms with E-state index in [-0.39, 0.29) is 10.9 Å². The molecule has 26 heavy (non-hydrogen) atoms. The maximum atomic E-state index is 12.8. The van der Waals surface area contributed by atoms with E-state index in [1.165, 1.54) is 4.31 Å². The van der Waals surface area contributed by atoms with E-state index in [2.05, 4.69) is 15.5 Å². The molecule has 0 aliphatic carbocycles. The first-order valence-corrected chi connectivity index (χ1v) is 10.1. The van der Waals surface area contributed by atoms with Gasteiger partial charge in [0.2, 0.25) is 16.0 Å². The van der Waals surface area contributed by atoms with Gasteiger partial charge in [0.05, 0.1) is 10.9 Å². The maximum absolute atomic E-state index is 12.8. The number of nitrogens with one attached hydrogen (secondary N) is 1. The van der Waals surface area contributed by atoms with E-state index in [0.29, 0.717) is 24.7 Å². The van der Waals surface area contributed by atoms with Crippen LogP contribution in [0.1, 0.15) is 32.4 Å². The largest absolute Gasteiger partial charge is 0.347 e. The third-order valence-corrected chi connectivity index (χ3v) is 6.40. The van der Waals surface area contributed by atoms with Crippen LogP contribution < -0.4 is 5.32 Å². The molecule has 0 radical (unpaired) electrons. The number of benzene rings is 1. The van der Waals surface area contributed by atoms with Crippen molar-refractivity contribution in [2.24, 2.45) is 0 Å². The molecule has 138 valence electrons. The van der Waals surface area contributed by atoms with Gasteiger partial charge in [-0.25, -0.2) is 8.42 Å². The fraction of sp³-hybridized carbons (Fsp3) is 0.333. The molecule has 1 N–H and O–H groups in total. The van der Waals surface area contributed by atoms with Crippen LogP contribution in [0.15, 0.2) is 53.6 Å². The van der Waals surface area contributed by atoms with Gasteiger partial charge in [0.25, 0.3) is 0 Å². The van der Waals surface area contributed by atoms with Crippen molar-refractivity contribution in [1.82, 2.24) is 18.9 Å². The van der Waals surface area contributed by atoms with Crippen LogP contribution in [-0.4, -0.2) is 40.4 Å². The summed E-state index contributed by atoms with van der Waals surface area (Å²) >= 11 is 0. The smallest absolute Gasteiger partial charge is 0.244 e. The molecule has 0 spiro atoms. The Bertz CT molecular complexity index is 981. The predicted octanol–water partition coefficient (Wildman–Crippen LogP) is 2.93. The average Bonchev–Trinajstić information content (AvgIpc) is 3.05. The lowest BCUT2D eigenvalue weighted by Crippen LogP contribution is -2.30. The lowest BCUT2D eigenvalue weighted by Gasteiger charge is -2.18. The molecule has 0 aliphatic heterocycles. The summed E-state index contributed by atoms with van der Waals surface area (Å²) in [6, 6.07) is 13.2. The Hall–Kier alpha value is -2.45. The zero-order chi connectivity index (χ0) is 18.7. The first-order valence-electron chi connectivity index (χ1n) is 8.63. The van der Waals surface area contributed by atoms with Crippen molar-refractivity contribution in [3.63, 3.8) is 0 Å². The molecule has 8 heteroatoms. The summed E-state index contributed by atoms with van der Waals surface area (Å²) in [5.41, 5.74) is 1.70. The predicted molar refractivity (Wildman–Crippen MR) is 102 cm³/mol. The Morgan fingerprint density at radius 2 is 1.77 bits per heavy atom. The van der Waals surface area contributed by atoms with Crippen molar-refractivity contribution >= 4 is 21.6 Å². The molecule has 0 aliphatic rings. The molecule has 3 rings (SSSR count). The summed E-state index contributed by atoms with van der Waals surface area (Å²) in [7, 11) is -3.54. The number of nitrogens with zero attached hydrogens (tertiary/aromatic N) is 4. The monoisotopic (exact) mass is 373 g/mol. The topological polar surface area (TPSA) is 79.6 Å². The minimum atomic E-state index is -3.54. The highest BCUT2D eigenvalue weighted by molar-refractivity contribution is 7.89. The van der Waals surface area contributed by atoms with E-state index in [9.17, 15) is 8.42 Å². The summed E-state index contributed by atoms with van der Waals surface area (Å²) in [6.07, 6.45) is 1.57. The number of rotatable bonds is 7. The number of pyridine rings is 1. The third-order valence-electron chi connectivity index (χ3n) is 4.36. The summed E-state index contributed by atoms with van der Waals surface area (Å²) < 4.78 is 28.6. The molecule has 1 aromatic carbocycles. The lowest BCUT2D eigenvalue weighted by atomic mass is 10.1. The Balaban J connectivity index is 1.96. The molecule has 7 nitrogen and oxygen atoms in total. The molecule has 2 heterocycles. The van der Waals surface area contributed by atoms with Crippen LogP contribution in [0.2, 0.25) is 0 Å². The third kappa shape index (κ3) is 3.42. The zero-order valence-corrected chi connectivity index (χ0v) is 15.9. The maximum Gasteiger partial charge on any atom is 0.244 e. The van der Waals surface area contributed by atoms with Gasteiger partial charge < -0.3 is 5.32 Å². The summed E-state index contributed by atoms with van der Waals surface area (Å²) in [6.45, 7) is 6.52. The van der Waals surface area contributed by atoms with Crippen molar-refractivity contribution in [1.29, 1.82) is 0 Å². The number of anilines is 1. The molecular weight excluding hydrogens is 350 g/mol. The fourth-order valence-electron chi connectivity index (χ4n) is 2.85. The standard InChI is InChI=1S/C18H23N5O2S/c1-4-22(5-2)26(24,25)16-11-12-17-20-21-18(23(17)13-16)19-14(3)15-9-7-6-8-10-15/h6-14H,4-5H2,1-3H3,(H,19,21)/t14-/m0/s1. The van der Waals surface area contributed by atoms with E-state index in [1.54, 1.807) is 22.7 Å². The minimum Gasteiger partial charge on any atom is -0.347 e. The van der Waals surface area contributed by atoms with Crippen molar-refractivity contribution in [3.8, 4) is 0 Å². The number of hydrogen-bond acceptors (Lipinski definition) is 5. The minimum absolute atomic E-state index is 0.00615. The second kappa shape index (κ2) is 7.43. The van der Waals surface area contributed by atoms with E-state index >= 15 is 0 Å². The lowest BCUT2D eigenvalue weighted by molar-refractivity contribution is 0.445. The highest BCUT2D eigenvalue weighted by Gasteiger charge is 2.23. The van der Waals surface area contributed by atoms with Gasteiger partial charge in [-0.05, 0) is 24.6 Å². The Morgan fingerprint density at radius 1 is 1.08 bits per heavy atom. The summed E-state index contributed by atoms with van der Waals surface area (Å²) in [5.74, 6) is 0.507. The normalized spacial score (nSPS) is 13.2. The van der Waals surface area contributed by atoms with Crippen LogP contribution in [0.5, 0.6) is 0 Å². The van der Waals surface area contributed by atoms with Crippen molar-refractivity contribution in [2.45, 2.75) is 31.7 Å². The Morgan fingerprint density at radius 3 is 2.42 bits per heavy atom. The van der Waals surface area contributed by atoms with Gasteiger partial charge >= 0.3 is 0 Å². The van der Waals surface area contributed by atoms with Crippen LogP contribution in [0.4, 0.5) is 5.95 Å². The quantitative estimate of drug-likeness (QED) is 0.689. The van der Waals surface area contributed by atoms with Crippen molar-refractivity contribution in [3.05, 3.63) is 54.2 Å². The second-order valence-electron chi connectivity index (χ2n) is 5.98. The molecule has 2 aromatic heterocycles. The van der Waals surface area contributed by atoms with Gasteiger partial charge in [0, 0.05) is 19.3 Å². The van der Waals surface area contributed by atoms with Crippen LogP contribution >= 0.6 is 0 Å². The first kappa shape index (κ1) is 18.3. The Kier molecular flexibility index (Phi) is 5.24. The zero-order valence-electron chi connectivity index (χ0n) is 15.1. The highest BCUT2D eigenvalue weighted by Crippen LogP contribution is 2.21. The molecule has 0 saturated heterocycles. The van der Waals surface area contributed by atoms with Crippen LogP contribution in [-0.2, 0) is 10.0 Å². The molecular formula is C18H23N5O2S. The van der Waals surface area contributed by atoms with Crippen LogP contribution in [0.25, 0.3) is 5.65 Å². The molecule has 0 bridgehead atoms.